The summed E-state index contributed by atoms with van der Waals surface area (Å²) in [4.78, 5) is 0. The van der Waals surface area contributed by atoms with Gasteiger partial charge >= 0.3 is 0 Å². The molecule has 0 saturated carbocycles. The minimum absolute atomic E-state index is 0.285. The van der Waals surface area contributed by atoms with Gasteiger partial charge in [0.25, 0.3) is 0 Å². The lowest BCUT2D eigenvalue weighted by Crippen LogP contribution is -2.03. The van der Waals surface area contributed by atoms with Gasteiger partial charge in [0.15, 0.2) is 23.0 Å². The summed E-state index contributed by atoms with van der Waals surface area (Å²) in [5.74, 6) is 4.68. The van der Waals surface area contributed by atoms with Crippen LogP contribution in [0.15, 0.2) is 48.5 Å². The Morgan fingerprint density at radius 1 is 0.576 bits per heavy atom. The lowest BCUT2D eigenvalue weighted by Gasteiger charge is -2.16. The predicted octanol–water partition coefficient (Wildman–Crippen LogP) is 5.02. The van der Waals surface area contributed by atoms with E-state index < -0.39 is 0 Å². The normalized spacial score (nSPS) is 11.9. The maximum atomic E-state index is 5.57. The van der Waals surface area contributed by atoms with Crippen molar-refractivity contribution in [1.82, 2.24) is 0 Å². The zero-order chi connectivity index (χ0) is 23.2. The predicted molar refractivity (Wildman–Crippen MR) is 126 cm³/mol. The van der Waals surface area contributed by atoms with E-state index in [0.717, 1.165) is 65.7 Å². The van der Waals surface area contributed by atoms with Crippen LogP contribution in [0, 0.1) is 0 Å². The molecule has 0 amide bonds. The first-order valence-electron chi connectivity index (χ1n) is 11.0. The van der Waals surface area contributed by atoms with Crippen molar-refractivity contribution in [1.29, 1.82) is 0 Å². The second-order valence-corrected chi connectivity index (χ2v) is 7.88. The summed E-state index contributed by atoms with van der Waals surface area (Å²) in [6.07, 6.45) is 3.45. The summed E-state index contributed by atoms with van der Waals surface area (Å²) < 4.78 is 33.0. The first-order chi connectivity index (χ1) is 16.1. The SMILES string of the molecule is COc1cc(CCc2cc(OC)c(OC)cc2CCc2ccc3c(c2)OCO3)cc(OC)c1. The van der Waals surface area contributed by atoms with Gasteiger partial charge in [0.1, 0.15) is 11.5 Å². The van der Waals surface area contributed by atoms with E-state index in [0.29, 0.717) is 0 Å². The van der Waals surface area contributed by atoms with E-state index >= 15 is 0 Å². The Kier molecular flexibility index (Phi) is 7.13. The van der Waals surface area contributed by atoms with Crippen molar-refractivity contribution in [2.24, 2.45) is 0 Å². The molecule has 4 rings (SSSR count). The Morgan fingerprint density at radius 3 is 1.73 bits per heavy atom. The third kappa shape index (κ3) is 5.28. The van der Waals surface area contributed by atoms with E-state index in [9.17, 15) is 0 Å². The first kappa shape index (κ1) is 22.6. The van der Waals surface area contributed by atoms with Crippen molar-refractivity contribution in [2.45, 2.75) is 25.7 Å². The molecule has 1 aliphatic rings. The Hall–Kier alpha value is -3.54. The molecule has 1 aliphatic heterocycles. The average Bonchev–Trinajstić information content (AvgIpc) is 3.33. The zero-order valence-electron chi connectivity index (χ0n) is 19.6. The number of ether oxygens (including phenoxy) is 6. The molecule has 0 fully saturated rings. The molecule has 0 bridgehead atoms. The van der Waals surface area contributed by atoms with Gasteiger partial charge in [-0.2, -0.15) is 0 Å². The van der Waals surface area contributed by atoms with Crippen LogP contribution in [-0.4, -0.2) is 35.2 Å². The van der Waals surface area contributed by atoms with Gasteiger partial charge in [0, 0.05) is 6.07 Å². The second-order valence-electron chi connectivity index (χ2n) is 7.88. The molecule has 3 aromatic rings. The molecular weight excluding hydrogens is 420 g/mol. The van der Waals surface area contributed by atoms with E-state index in [4.69, 9.17) is 28.4 Å². The van der Waals surface area contributed by atoms with E-state index in [1.165, 1.54) is 16.7 Å². The lowest BCUT2D eigenvalue weighted by atomic mass is 9.94. The summed E-state index contributed by atoms with van der Waals surface area (Å²) in [5.41, 5.74) is 4.83. The van der Waals surface area contributed by atoms with Crippen LogP contribution in [0.25, 0.3) is 0 Å². The van der Waals surface area contributed by atoms with Crippen molar-refractivity contribution in [3.8, 4) is 34.5 Å². The third-order valence-electron chi connectivity index (χ3n) is 5.92. The van der Waals surface area contributed by atoms with Crippen molar-refractivity contribution in [3.63, 3.8) is 0 Å². The molecule has 6 heteroatoms. The molecule has 1 heterocycles. The number of methoxy groups -OCH3 is 4. The van der Waals surface area contributed by atoms with Gasteiger partial charge in [-0.1, -0.05) is 6.07 Å². The van der Waals surface area contributed by atoms with Crippen molar-refractivity contribution in [2.75, 3.05) is 35.2 Å². The Bertz CT molecular complexity index is 1090. The maximum Gasteiger partial charge on any atom is 0.231 e. The van der Waals surface area contributed by atoms with Gasteiger partial charge in [0.05, 0.1) is 28.4 Å². The Morgan fingerprint density at radius 2 is 1.15 bits per heavy atom. The molecule has 0 aromatic heterocycles. The van der Waals surface area contributed by atoms with Crippen LogP contribution in [0.1, 0.15) is 22.3 Å². The van der Waals surface area contributed by atoms with Crippen molar-refractivity contribution in [3.05, 3.63) is 70.8 Å². The van der Waals surface area contributed by atoms with Gasteiger partial charge in [-0.15, -0.1) is 0 Å². The molecule has 0 N–H and O–H groups in total. The topological polar surface area (TPSA) is 55.4 Å². The monoisotopic (exact) mass is 450 g/mol. The molecule has 0 unspecified atom stereocenters. The summed E-state index contributed by atoms with van der Waals surface area (Å²) in [6, 6.07) is 16.3. The van der Waals surface area contributed by atoms with Crippen LogP contribution in [0.4, 0.5) is 0 Å². The summed E-state index contributed by atoms with van der Waals surface area (Å²) in [6.45, 7) is 0.285. The first-order valence-corrected chi connectivity index (χ1v) is 11.0. The highest BCUT2D eigenvalue weighted by Gasteiger charge is 2.15. The number of hydrogen-bond donors (Lipinski definition) is 0. The van der Waals surface area contributed by atoms with Gasteiger partial charge in [-0.05, 0) is 84.3 Å². The third-order valence-corrected chi connectivity index (χ3v) is 5.92. The highest BCUT2D eigenvalue weighted by molar-refractivity contribution is 5.49. The highest BCUT2D eigenvalue weighted by Crippen LogP contribution is 2.35. The number of aryl methyl sites for hydroxylation is 4. The smallest absolute Gasteiger partial charge is 0.231 e. The van der Waals surface area contributed by atoms with Crippen LogP contribution in [-0.2, 0) is 25.7 Å². The van der Waals surface area contributed by atoms with Crippen LogP contribution >= 0.6 is 0 Å². The molecule has 3 aromatic carbocycles. The molecule has 0 spiro atoms. The molecule has 0 radical (unpaired) electrons. The van der Waals surface area contributed by atoms with Crippen LogP contribution in [0.5, 0.6) is 34.5 Å². The lowest BCUT2D eigenvalue weighted by molar-refractivity contribution is 0.174. The van der Waals surface area contributed by atoms with Gasteiger partial charge in [-0.25, -0.2) is 0 Å². The van der Waals surface area contributed by atoms with Crippen molar-refractivity contribution < 1.29 is 28.4 Å². The fourth-order valence-corrected chi connectivity index (χ4v) is 4.09. The number of rotatable bonds is 10. The highest BCUT2D eigenvalue weighted by atomic mass is 16.7. The molecule has 0 atom stereocenters. The zero-order valence-corrected chi connectivity index (χ0v) is 19.6. The van der Waals surface area contributed by atoms with E-state index in [1.807, 2.05) is 12.1 Å². The average molecular weight is 451 g/mol. The molecule has 6 nitrogen and oxygen atoms in total. The molecule has 0 saturated heterocycles. The molecule has 33 heavy (non-hydrogen) atoms. The maximum absolute atomic E-state index is 5.57. The molecular formula is C27H30O6. The number of fused-ring (bicyclic) bond motifs is 1. The van der Waals surface area contributed by atoms with Crippen LogP contribution < -0.4 is 28.4 Å². The van der Waals surface area contributed by atoms with Crippen LogP contribution in [0.3, 0.4) is 0 Å². The summed E-state index contributed by atoms with van der Waals surface area (Å²) >= 11 is 0. The quantitative estimate of drug-likeness (QED) is 0.432. The van der Waals surface area contributed by atoms with Gasteiger partial charge in [-0.3, -0.25) is 0 Å². The fourth-order valence-electron chi connectivity index (χ4n) is 4.09. The molecule has 0 aliphatic carbocycles. The molecule has 174 valence electrons. The Balaban J connectivity index is 1.56. The Labute approximate surface area is 195 Å². The number of benzene rings is 3. The van der Waals surface area contributed by atoms with Crippen LogP contribution in [0.2, 0.25) is 0 Å². The van der Waals surface area contributed by atoms with Crippen molar-refractivity contribution >= 4 is 0 Å². The van der Waals surface area contributed by atoms with Gasteiger partial charge < -0.3 is 28.4 Å². The van der Waals surface area contributed by atoms with E-state index in [-0.39, 0.29) is 6.79 Å². The second kappa shape index (κ2) is 10.4. The van der Waals surface area contributed by atoms with Gasteiger partial charge in [0.2, 0.25) is 6.79 Å². The largest absolute Gasteiger partial charge is 0.497 e. The number of hydrogen-bond acceptors (Lipinski definition) is 6. The summed E-state index contributed by atoms with van der Waals surface area (Å²) in [7, 11) is 6.67. The minimum atomic E-state index is 0.285. The van der Waals surface area contributed by atoms with E-state index in [1.54, 1.807) is 28.4 Å². The fraction of sp³-hybridized carbons (Fsp3) is 0.333. The van der Waals surface area contributed by atoms with E-state index in [2.05, 4.69) is 36.4 Å². The minimum Gasteiger partial charge on any atom is -0.497 e. The summed E-state index contributed by atoms with van der Waals surface area (Å²) in [5, 5.41) is 0. The standard InChI is InChI=1S/C27H30O6/c1-28-22-11-19(12-23(16-22)29-2)6-9-21-15-26(31-4)25(30-3)14-20(21)8-5-18-7-10-24-27(13-18)33-17-32-24/h7,10-16H,5-6,8-9,17H2,1-4H3.